The van der Waals surface area contributed by atoms with Crippen molar-refractivity contribution in [3.8, 4) is 0 Å². The molecule has 14 heteroatoms. The number of nitrogens with two attached hydrogens (primary N) is 2. The molecule has 0 radical (unpaired) electrons. The van der Waals surface area contributed by atoms with Crippen LogP contribution in [0.25, 0.3) is 21.7 Å². The minimum atomic E-state index is -1.12. The summed E-state index contributed by atoms with van der Waals surface area (Å²) in [6, 6.07) is 15.8. The highest BCUT2D eigenvalue weighted by molar-refractivity contribution is 7.84. The predicted octanol–water partition coefficient (Wildman–Crippen LogP) is 1.98. The van der Waals surface area contributed by atoms with E-state index >= 15 is 0 Å². The van der Waals surface area contributed by atoms with Crippen LogP contribution in [0.15, 0.2) is 96.2 Å². The van der Waals surface area contributed by atoms with Crippen molar-refractivity contribution < 1.29 is 24.0 Å². The van der Waals surface area contributed by atoms with Crippen molar-refractivity contribution in [1.82, 2.24) is 31.6 Å². The molecule has 0 saturated carbocycles. The highest BCUT2D eigenvalue weighted by atomic mass is 32.1. The Labute approximate surface area is 313 Å². The molecule has 0 bridgehead atoms. The second kappa shape index (κ2) is 17.3. The van der Waals surface area contributed by atoms with E-state index in [0.29, 0.717) is 17.0 Å². The van der Waals surface area contributed by atoms with Gasteiger partial charge in [0.2, 0.25) is 29.5 Å². The number of benzene rings is 3. The van der Waals surface area contributed by atoms with Crippen molar-refractivity contribution in [2.75, 3.05) is 0 Å². The SMILES string of the molecule is C=CC[C@H](NC(=O)[C@@H](C)N)C(=O)N[C@H](Cc1ccc2ccccc2c1)C(=O)N[C@@H](CC)C(=O)N[C@@H](Cc1c[nH]c2ccccc12)C1=C(S)[C@@H](C(N)=O)N1. The molecule has 1 aliphatic rings. The van der Waals surface area contributed by atoms with E-state index in [1.165, 1.54) is 13.0 Å². The highest BCUT2D eigenvalue weighted by Gasteiger charge is 2.37. The molecule has 0 spiro atoms. The van der Waals surface area contributed by atoms with Crippen molar-refractivity contribution in [3.63, 3.8) is 0 Å². The minimum absolute atomic E-state index is 0.0972. The largest absolute Gasteiger partial charge is 0.371 e. The van der Waals surface area contributed by atoms with Gasteiger partial charge in [0.1, 0.15) is 24.2 Å². The molecule has 1 aromatic heterocycles. The molecule has 0 fully saturated rings. The van der Waals surface area contributed by atoms with E-state index in [2.05, 4.69) is 50.8 Å². The molecule has 3 aromatic carbocycles. The van der Waals surface area contributed by atoms with E-state index in [9.17, 15) is 24.0 Å². The van der Waals surface area contributed by atoms with Gasteiger partial charge in [0.15, 0.2) is 0 Å². The van der Waals surface area contributed by atoms with Gasteiger partial charge in [-0.15, -0.1) is 19.2 Å². The molecule has 0 aliphatic carbocycles. The van der Waals surface area contributed by atoms with Gasteiger partial charge >= 0.3 is 0 Å². The normalized spacial score (nSPS) is 16.6. The lowest BCUT2D eigenvalue weighted by Crippen LogP contribution is -2.60. The Morgan fingerprint density at radius 3 is 2.17 bits per heavy atom. The lowest BCUT2D eigenvalue weighted by Gasteiger charge is -2.36. The summed E-state index contributed by atoms with van der Waals surface area (Å²) in [5.74, 6) is -2.81. The number of amides is 5. The molecule has 1 aliphatic heterocycles. The summed E-state index contributed by atoms with van der Waals surface area (Å²) < 4.78 is 0. The Hall–Kier alpha value is -5.60. The van der Waals surface area contributed by atoms with E-state index < -0.39 is 65.8 Å². The van der Waals surface area contributed by atoms with E-state index in [4.69, 9.17) is 11.5 Å². The van der Waals surface area contributed by atoms with Gasteiger partial charge in [0.25, 0.3) is 0 Å². The molecule has 4 aromatic rings. The number of carbonyl (C=O) groups is 5. The Balaban J connectivity index is 1.38. The van der Waals surface area contributed by atoms with Crippen LogP contribution in [0.5, 0.6) is 0 Å². The van der Waals surface area contributed by atoms with Gasteiger partial charge in [0, 0.05) is 40.5 Å². The molecule has 2 heterocycles. The first kappa shape index (κ1) is 38.6. The Bertz CT molecular complexity index is 2060. The zero-order chi connectivity index (χ0) is 38.2. The van der Waals surface area contributed by atoms with E-state index in [-0.39, 0.29) is 19.3 Å². The number of carbonyl (C=O) groups excluding carboxylic acids is 5. The van der Waals surface area contributed by atoms with Crippen LogP contribution >= 0.6 is 12.6 Å². The average molecular weight is 739 g/mol. The molecule has 5 rings (SSSR count). The monoisotopic (exact) mass is 738 g/mol. The number of nitrogens with one attached hydrogen (secondary N) is 6. The maximum Gasteiger partial charge on any atom is 0.245 e. The summed E-state index contributed by atoms with van der Waals surface area (Å²) in [4.78, 5) is 69.6. The number of primary amides is 1. The van der Waals surface area contributed by atoms with E-state index in [1.807, 2.05) is 72.9 Å². The summed E-state index contributed by atoms with van der Waals surface area (Å²) >= 11 is 4.53. The third-order valence-electron chi connectivity index (χ3n) is 9.27. The van der Waals surface area contributed by atoms with Crippen molar-refractivity contribution >= 4 is 63.8 Å². The number of aromatic nitrogens is 1. The molecule has 0 saturated heterocycles. The van der Waals surface area contributed by atoms with Crippen molar-refractivity contribution in [2.45, 2.75) is 75.8 Å². The highest BCUT2D eigenvalue weighted by Crippen LogP contribution is 2.29. The van der Waals surface area contributed by atoms with Gasteiger partial charge in [-0.1, -0.05) is 73.7 Å². The topological polar surface area (TPSA) is 213 Å². The van der Waals surface area contributed by atoms with Crippen LogP contribution < -0.4 is 38.1 Å². The van der Waals surface area contributed by atoms with Crippen LogP contribution in [-0.4, -0.2) is 70.8 Å². The Kier molecular flexibility index (Phi) is 12.6. The standard InChI is InChI=1S/C39H46N8O5S/c1-4-10-29(44-36(49)21(3)40)38(51)46-31(18-22-15-16-23-11-6-7-12-24(23)17-22)39(52)43-27(5-2)37(50)45-30(32-34(53)33(47-32)35(41)48)19-25-20-42-28-14-9-8-13-26(25)28/h4,6-9,11-17,20-21,27,29-31,33,42,47,53H,1,5,10,18-19,40H2,2-3H3,(H2,41,48)(H,43,52)(H,44,49)(H,45,50)(H,46,51)/t21-,27+,29+,30+,31-,33+/m1/s1. The van der Waals surface area contributed by atoms with E-state index in [0.717, 1.165) is 32.8 Å². The van der Waals surface area contributed by atoms with Gasteiger partial charge < -0.3 is 43.0 Å². The van der Waals surface area contributed by atoms with Gasteiger partial charge in [-0.2, -0.15) is 0 Å². The maximum absolute atomic E-state index is 14.1. The summed E-state index contributed by atoms with van der Waals surface area (Å²) in [5.41, 5.74) is 14.4. The number of hydrogen-bond donors (Lipinski definition) is 9. The minimum Gasteiger partial charge on any atom is -0.371 e. The summed E-state index contributed by atoms with van der Waals surface area (Å²) in [5, 5.41) is 17.3. The number of H-pyrrole nitrogens is 1. The molecule has 10 N–H and O–H groups in total. The summed E-state index contributed by atoms with van der Waals surface area (Å²) in [6.45, 7) is 6.95. The lowest BCUT2D eigenvalue weighted by molar-refractivity contribution is -0.134. The van der Waals surface area contributed by atoms with E-state index in [1.54, 1.807) is 6.92 Å². The van der Waals surface area contributed by atoms with Crippen LogP contribution in [0.1, 0.15) is 37.8 Å². The maximum atomic E-state index is 14.1. The average Bonchev–Trinajstić information content (AvgIpc) is 3.54. The second-order valence-corrected chi connectivity index (χ2v) is 13.7. The molecule has 13 nitrogen and oxygen atoms in total. The zero-order valence-corrected chi connectivity index (χ0v) is 30.5. The van der Waals surface area contributed by atoms with Gasteiger partial charge in [-0.3, -0.25) is 24.0 Å². The molecular weight excluding hydrogens is 693 g/mol. The van der Waals surface area contributed by atoms with Crippen LogP contribution in [-0.2, 0) is 36.8 Å². The lowest BCUT2D eigenvalue weighted by atomic mass is 9.95. The number of hydrogen-bond acceptors (Lipinski definition) is 8. The fourth-order valence-corrected chi connectivity index (χ4v) is 6.70. The smallest absolute Gasteiger partial charge is 0.245 e. The first-order chi connectivity index (χ1) is 25.4. The van der Waals surface area contributed by atoms with Crippen LogP contribution in [0.2, 0.25) is 0 Å². The Morgan fingerprint density at radius 2 is 1.49 bits per heavy atom. The van der Waals surface area contributed by atoms with Crippen LogP contribution in [0, 0.1) is 0 Å². The predicted molar refractivity (Wildman–Crippen MR) is 208 cm³/mol. The van der Waals surface area contributed by atoms with Crippen molar-refractivity contribution in [3.05, 3.63) is 107 Å². The molecule has 5 amide bonds. The second-order valence-electron chi connectivity index (χ2n) is 13.2. The molecule has 278 valence electrons. The van der Waals surface area contributed by atoms with Crippen molar-refractivity contribution in [2.24, 2.45) is 11.5 Å². The number of rotatable bonds is 17. The number of para-hydroxylation sites is 1. The summed E-state index contributed by atoms with van der Waals surface area (Å²) in [7, 11) is 0. The molecule has 6 atom stereocenters. The molecule has 53 heavy (non-hydrogen) atoms. The van der Waals surface area contributed by atoms with Gasteiger partial charge in [0.05, 0.1) is 12.1 Å². The quantitative estimate of drug-likeness (QED) is 0.0580. The van der Waals surface area contributed by atoms with Gasteiger partial charge in [-0.25, -0.2) is 0 Å². The van der Waals surface area contributed by atoms with Gasteiger partial charge in [-0.05, 0) is 47.7 Å². The zero-order valence-electron chi connectivity index (χ0n) is 29.6. The number of fused-ring (bicyclic) bond motifs is 2. The third kappa shape index (κ3) is 9.26. The van der Waals surface area contributed by atoms with Crippen molar-refractivity contribution in [1.29, 1.82) is 0 Å². The van der Waals surface area contributed by atoms with Crippen LogP contribution in [0.3, 0.4) is 0 Å². The summed E-state index contributed by atoms with van der Waals surface area (Å²) in [6.07, 6.45) is 4.11. The molecular formula is C39H46N8O5S. The number of thiol groups is 1. The number of aromatic amines is 1. The van der Waals surface area contributed by atoms with Crippen LogP contribution in [0.4, 0.5) is 0 Å². The first-order valence-corrected chi connectivity index (χ1v) is 17.9. The first-order valence-electron chi connectivity index (χ1n) is 17.5. The molecule has 0 unspecified atom stereocenters. The fraction of sp³-hybridized carbons (Fsp3) is 0.308. The fourth-order valence-electron chi connectivity index (χ4n) is 6.29. The third-order valence-corrected chi connectivity index (χ3v) is 9.77. The Morgan fingerprint density at radius 1 is 0.849 bits per heavy atom.